The summed E-state index contributed by atoms with van der Waals surface area (Å²) in [6, 6.07) is 1.63. The highest BCUT2D eigenvalue weighted by atomic mass is 79.9. The average Bonchev–Trinajstić information content (AvgIpc) is 2.18. The second-order valence-electron chi connectivity index (χ2n) is 2.97. The number of nitrogens with two attached hydrogens (primary N) is 1. The van der Waals surface area contributed by atoms with Crippen LogP contribution < -0.4 is 11.1 Å². The molecular formula is C9H12BrN3O. The van der Waals surface area contributed by atoms with Crippen LogP contribution in [0.3, 0.4) is 0 Å². The van der Waals surface area contributed by atoms with E-state index in [0.717, 1.165) is 0 Å². The Morgan fingerprint density at radius 3 is 3.07 bits per heavy atom. The smallest absolute Gasteiger partial charge is 0.252 e. The van der Waals surface area contributed by atoms with Gasteiger partial charge in [-0.05, 0) is 28.9 Å². The first-order chi connectivity index (χ1) is 6.65. The lowest BCUT2D eigenvalue weighted by molar-refractivity contribution is 0.0940. The Labute approximate surface area is 91.0 Å². The minimum atomic E-state index is -0.141. The van der Waals surface area contributed by atoms with Crippen LogP contribution in [0.25, 0.3) is 0 Å². The molecule has 0 aliphatic heterocycles. The van der Waals surface area contributed by atoms with E-state index in [1.807, 2.05) is 6.92 Å². The SMILES string of the molecule is CC(CN)NC(=O)c1ccncc1Br. The molecule has 0 fully saturated rings. The van der Waals surface area contributed by atoms with Gasteiger partial charge in [-0.2, -0.15) is 0 Å². The lowest BCUT2D eigenvalue weighted by atomic mass is 10.2. The summed E-state index contributed by atoms with van der Waals surface area (Å²) >= 11 is 3.25. The largest absolute Gasteiger partial charge is 0.348 e. The van der Waals surface area contributed by atoms with Gasteiger partial charge in [0.1, 0.15) is 0 Å². The zero-order valence-electron chi connectivity index (χ0n) is 7.83. The number of rotatable bonds is 3. The van der Waals surface area contributed by atoms with Crippen LogP contribution in [0.2, 0.25) is 0 Å². The summed E-state index contributed by atoms with van der Waals surface area (Å²) in [5.74, 6) is -0.141. The van der Waals surface area contributed by atoms with Crippen LogP contribution >= 0.6 is 15.9 Å². The number of amides is 1. The minimum Gasteiger partial charge on any atom is -0.348 e. The number of pyridine rings is 1. The van der Waals surface area contributed by atoms with Crippen molar-refractivity contribution in [2.45, 2.75) is 13.0 Å². The van der Waals surface area contributed by atoms with Crippen LogP contribution in [0.1, 0.15) is 17.3 Å². The molecule has 1 aromatic rings. The van der Waals surface area contributed by atoms with E-state index in [1.165, 1.54) is 0 Å². The van der Waals surface area contributed by atoms with Gasteiger partial charge in [-0.3, -0.25) is 9.78 Å². The summed E-state index contributed by atoms with van der Waals surface area (Å²) in [5, 5.41) is 2.76. The highest BCUT2D eigenvalue weighted by Crippen LogP contribution is 2.13. The lowest BCUT2D eigenvalue weighted by Gasteiger charge is -2.11. The first-order valence-electron chi connectivity index (χ1n) is 4.25. The first-order valence-corrected chi connectivity index (χ1v) is 5.05. The van der Waals surface area contributed by atoms with Crippen LogP contribution in [0, 0.1) is 0 Å². The molecule has 14 heavy (non-hydrogen) atoms. The average molecular weight is 258 g/mol. The predicted octanol–water partition coefficient (Wildman–Crippen LogP) is 0.921. The number of nitrogens with one attached hydrogen (secondary N) is 1. The highest BCUT2D eigenvalue weighted by molar-refractivity contribution is 9.10. The van der Waals surface area contributed by atoms with Crippen molar-refractivity contribution in [2.75, 3.05) is 6.54 Å². The van der Waals surface area contributed by atoms with E-state index >= 15 is 0 Å². The zero-order chi connectivity index (χ0) is 10.6. The molecule has 0 spiro atoms. The van der Waals surface area contributed by atoms with Crippen LogP contribution in [-0.2, 0) is 0 Å². The van der Waals surface area contributed by atoms with Crippen molar-refractivity contribution in [1.29, 1.82) is 0 Å². The summed E-state index contributed by atoms with van der Waals surface area (Å²) in [7, 11) is 0. The molecular weight excluding hydrogens is 246 g/mol. The molecule has 0 aromatic carbocycles. The Hall–Kier alpha value is -0.940. The molecule has 0 saturated heterocycles. The van der Waals surface area contributed by atoms with Gasteiger partial charge in [0.15, 0.2) is 0 Å². The van der Waals surface area contributed by atoms with E-state index in [2.05, 4.69) is 26.2 Å². The highest BCUT2D eigenvalue weighted by Gasteiger charge is 2.11. The van der Waals surface area contributed by atoms with Crippen molar-refractivity contribution in [3.05, 3.63) is 28.5 Å². The first kappa shape index (κ1) is 11.1. The molecule has 1 aromatic heterocycles. The molecule has 1 heterocycles. The molecule has 76 valence electrons. The maximum Gasteiger partial charge on any atom is 0.252 e. The standard InChI is InChI=1S/C9H12BrN3O/c1-6(4-11)13-9(14)7-2-3-12-5-8(7)10/h2-3,5-6H,4,11H2,1H3,(H,13,14). The topological polar surface area (TPSA) is 68.0 Å². The molecule has 1 atom stereocenters. The summed E-state index contributed by atoms with van der Waals surface area (Å²) < 4.78 is 0.682. The van der Waals surface area contributed by atoms with Gasteiger partial charge in [0.25, 0.3) is 5.91 Å². The van der Waals surface area contributed by atoms with Crippen molar-refractivity contribution in [1.82, 2.24) is 10.3 Å². The van der Waals surface area contributed by atoms with Gasteiger partial charge in [0, 0.05) is 29.5 Å². The van der Waals surface area contributed by atoms with E-state index in [9.17, 15) is 4.79 Å². The second-order valence-corrected chi connectivity index (χ2v) is 3.82. The summed E-state index contributed by atoms with van der Waals surface area (Å²) in [6.07, 6.45) is 3.16. The third-order valence-corrected chi connectivity index (χ3v) is 2.38. The maximum absolute atomic E-state index is 11.6. The molecule has 5 heteroatoms. The van der Waals surface area contributed by atoms with Gasteiger partial charge in [0.2, 0.25) is 0 Å². The molecule has 3 N–H and O–H groups in total. The number of halogens is 1. The third kappa shape index (κ3) is 2.78. The Kier molecular flexibility index (Phi) is 4.03. The Morgan fingerprint density at radius 1 is 1.79 bits per heavy atom. The predicted molar refractivity (Wildman–Crippen MR) is 57.9 cm³/mol. The van der Waals surface area contributed by atoms with Crippen LogP contribution in [0.4, 0.5) is 0 Å². The van der Waals surface area contributed by atoms with Gasteiger partial charge in [-0.25, -0.2) is 0 Å². The number of hydrogen-bond donors (Lipinski definition) is 2. The van der Waals surface area contributed by atoms with Crippen molar-refractivity contribution >= 4 is 21.8 Å². The molecule has 0 radical (unpaired) electrons. The fraction of sp³-hybridized carbons (Fsp3) is 0.333. The Morgan fingerprint density at radius 2 is 2.50 bits per heavy atom. The monoisotopic (exact) mass is 257 g/mol. The fourth-order valence-electron chi connectivity index (χ4n) is 0.920. The van der Waals surface area contributed by atoms with Crippen molar-refractivity contribution in [3.8, 4) is 0 Å². The normalized spacial score (nSPS) is 12.2. The van der Waals surface area contributed by atoms with Crippen LogP contribution in [0.15, 0.2) is 22.9 Å². The molecule has 0 bridgehead atoms. The number of nitrogens with zero attached hydrogens (tertiary/aromatic N) is 1. The Balaban J connectivity index is 2.75. The van der Waals surface area contributed by atoms with Gasteiger partial charge in [-0.15, -0.1) is 0 Å². The molecule has 1 unspecified atom stereocenters. The number of aromatic nitrogens is 1. The van der Waals surface area contributed by atoms with Crippen LogP contribution in [0.5, 0.6) is 0 Å². The summed E-state index contributed by atoms with van der Waals surface area (Å²) in [6.45, 7) is 2.28. The van der Waals surface area contributed by atoms with Gasteiger partial charge >= 0.3 is 0 Å². The number of carbonyl (C=O) groups excluding carboxylic acids is 1. The zero-order valence-corrected chi connectivity index (χ0v) is 9.41. The van der Waals surface area contributed by atoms with E-state index in [1.54, 1.807) is 18.5 Å². The fourth-order valence-corrected chi connectivity index (χ4v) is 1.35. The summed E-state index contributed by atoms with van der Waals surface area (Å²) in [4.78, 5) is 15.5. The van der Waals surface area contributed by atoms with Crippen molar-refractivity contribution in [2.24, 2.45) is 5.73 Å². The van der Waals surface area contributed by atoms with Crippen molar-refractivity contribution < 1.29 is 4.79 Å². The van der Waals surface area contributed by atoms with Gasteiger partial charge < -0.3 is 11.1 Å². The summed E-state index contributed by atoms with van der Waals surface area (Å²) in [5.41, 5.74) is 5.97. The van der Waals surface area contributed by atoms with Gasteiger partial charge in [-0.1, -0.05) is 0 Å². The van der Waals surface area contributed by atoms with E-state index in [-0.39, 0.29) is 11.9 Å². The molecule has 4 nitrogen and oxygen atoms in total. The second kappa shape index (κ2) is 5.07. The Bertz CT molecular complexity index is 330. The lowest BCUT2D eigenvalue weighted by Crippen LogP contribution is -2.37. The number of carbonyl (C=O) groups is 1. The molecule has 0 saturated carbocycles. The third-order valence-electron chi connectivity index (χ3n) is 1.75. The van der Waals surface area contributed by atoms with Crippen molar-refractivity contribution in [3.63, 3.8) is 0 Å². The van der Waals surface area contributed by atoms with E-state index in [4.69, 9.17) is 5.73 Å². The van der Waals surface area contributed by atoms with Crippen LogP contribution in [-0.4, -0.2) is 23.5 Å². The van der Waals surface area contributed by atoms with E-state index in [0.29, 0.717) is 16.6 Å². The molecule has 0 aliphatic rings. The molecule has 1 rings (SSSR count). The quantitative estimate of drug-likeness (QED) is 0.847. The van der Waals surface area contributed by atoms with E-state index < -0.39 is 0 Å². The molecule has 0 aliphatic carbocycles. The minimum absolute atomic E-state index is 0.0254. The number of hydrogen-bond acceptors (Lipinski definition) is 3. The molecule has 1 amide bonds. The maximum atomic E-state index is 11.6. The van der Waals surface area contributed by atoms with Gasteiger partial charge in [0.05, 0.1) is 5.56 Å².